The van der Waals surface area contributed by atoms with Gasteiger partial charge in [-0.15, -0.1) is 23.2 Å². The molecule has 3 aromatic carbocycles. The molecular formula is C24H13Cl5F4N2O2. The molecule has 2 atom stereocenters. The summed E-state index contributed by atoms with van der Waals surface area (Å²) in [6, 6.07) is 6.14. The topological polar surface area (TPSA) is 72.2 Å². The molecule has 0 heterocycles. The van der Waals surface area contributed by atoms with Gasteiger partial charge >= 0.3 is 0 Å². The Morgan fingerprint density at radius 3 is 2.16 bits per heavy atom. The van der Waals surface area contributed by atoms with Crippen LogP contribution in [0.3, 0.4) is 0 Å². The summed E-state index contributed by atoms with van der Waals surface area (Å²) in [5, 5.41) is 2.64. The fourth-order valence-corrected chi connectivity index (χ4v) is 5.38. The first-order valence-electron chi connectivity index (χ1n) is 10.3. The maximum Gasteiger partial charge on any atom is 0.231 e. The van der Waals surface area contributed by atoms with Gasteiger partial charge in [-0.05, 0) is 35.9 Å². The number of halogens is 9. The Labute approximate surface area is 232 Å². The van der Waals surface area contributed by atoms with Gasteiger partial charge in [0, 0.05) is 29.7 Å². The number of hydrogen-bond acceptors (Lipinski definition) is 3. The van der Waals surface area contributed by atoms with E-state index in [4.69, 9.17) is 63.7 Å². The SMILES string of the molecule is Nc1ccc(F)c(CC(=O)c2cc(NC(=O)[C@H]3[C@H](c4cc(Cl)c(Cl)c(Cl)c4)C3(Cl)Cl)cc(F)c2F)c1F. The number of nitrogen functional groups attached to an aromatic ring is 1. The highest BCUT2D eigenvalue weighted by molar-refractivity contribution is 6.54. The van der Waals surface area contributed by atoms with Crippen LogP contribution < -0.4 is 11.1 Å². The summed E-state index contributed by atoms with van der Waals surface area (Å²) in [5.41, 5.74) is 3.51. The molecule has 3 aromatic rings. The van der Waals surface area contributed by atoms with Crippen molar-refractivity contribution in [1.82, 2.24) is 0 Å². The molecule has 4 nitrogen and oxygen atoms in total. The van der Waals surface area contributed by atoms with Crippen LogP contribution in [0.15, 0.2) is 36.4 Å². The third kappa shape index (κ3) is 5.22. The van der Waals surface area contributed by atoms with Gasteiger partial charge in [0.25, 0.3) is 0 Å². The standard InChI is InChI=1S/C24H13Cl5F4N2O2/c25-12-3-8(4-13(26)20(12)27)18-19(24(18,28)29)23(37)35-9-5-11(21(32)15(31)6-9)17(36)7-10-14(30)1-2-16(34)22(10)33/h1-6,18-19H,7,34H2,(H,35,37)/t18-,19+/m0/s1. The molecule has 0 unspecified atom stereocenters. The van der Waals surface area contributed by atoms with Crippen LogP contribution in [0.2, 0.25) is 15.1 Å². The molecule has 0 spiro atoms. The van der Waals surface area contributed by atoms with Crippen LogP contribution >= 0.6 is 58.0 Å². The van der Waals surface area contributed by atoms with Crippen molar-refractivity contribution >= 4 is 81.1 Å². The Morgan fingerprint density at radius 1 is 0.919 bits per heavy atom. The molecule has 0 aliphatic heterocycles. The number of carbonyl (C=O) groups is 2. The van der Waals surface area contributed by atoms with Crippen LogP contribution in [0.25, 0.3) is 0 Å². The van der Waals surface area contributed by atoms with Gasteiger partial charge in [-0.2, -0.15) is 0 Å². The van der Waals surface area contributed by atoms with E-state index in [0.717, 1.165) is 18.2 Å². The van der Waals surface area contributed by atoms with Crippen molar-refractivity contribution in [3.05, 3.63) is 91.4 Å². The van der Waals surface area contributed by atoms with Gasteiger partial charge in [0.2, 0.25) is 5.91 Å². The highest BCUT2D eigenvalue weighted by atomic mass is 35.5. The number of benzene rings is 3. The van der Waals surface area contributed by atoms with Gasteiger partial charge in [-0.1, -0.05) is 34.8 Å². The average Bonchev–Trinajstić information content (AvgIpc) is 3.41. The van der Waals surface area contributed by atoms with Gasteiger partial charge in [-0.3, -0.25) is 9.59 Å². The van der Waals surface area contributed by atoms with Crippen molar-refractivity contribution in [2.24, 2.45) is 5.92 Å². The molecule has 0 radical (unpaired) electrons. The van der Waals surface area contributed by atoms with Gasteiger partial charge in [0.05, 0.1) is 32.2 Å². The van der Waals surface area contributed by atoms with Crippen molar-refractivity contribution < 1.29 is 27.2 Å². The number of carbonyl (C=O) groups excluding carboxylic acids is 2. The van der Waals surface area contributed by atoms with Crippen LogP contribution in [0.1, 0.15) is 27.4 Å². The van der Waals surface area contributed by atoms with E-state index in [2.05, 4.69) is 5.32 Å². The van der Waals surface area contributed by atoms with E-state index in [1.807, 2.05) is 0 Å². The lowest BCUT2D eigenvalue weighted by atomic mass is 10.00. The normalized spacial score (nSPS) is 18.0. The van der Waals surface area contributed by atoms with E-state index in [-0.39, 0.29) is 20.8 Å². The quantitative estimate of drug-likeness (QED) is 0.0982. The second-order valence-electron chi connectivity index (χ2n) is 8.27. The number of Topliss-reactive ketones (excluding diaryl/α,β-unsaturated/α-hetero) is 1. The molecule has 13 heteroatoms. The fraction of sp³-hybridized carbons (Fsp3) is 0.167. The summed E-state index contributed by atoms with van der Waals surface area (Å²) < 4.78 is 55.4. The van der Waals surface area contributed by atoms with Crippen LogP contribution in [0, 0.1) is 29.2 Å². The summed E-state index contributed by atoms with van der Waals surface area (Å²) in [5.74, 6) is -9.11. The number of nitrogens with two attached hydrogens (primary N) is 1. The number of amides is 1. The van der Waals surface area contributed by atoms with E-state index >= 15 is 0 Å². The Balaban J connectivity index is 1.58. The molecular weight excluding hydrogens is 602 g/mol. The minimum Gasteiger partial charge on any atom is -0.396 e. The average molecular weight is 615 g/mol. The molecule has 0 bridgehead atoms. The number of rotatable bonds is 6. The second-order valence-corrected chi connectivity index (χ2v) is 10.9. The lowest BCUT2D eigenvalue weighted by Crippen LogP contribution is -2.18. The number of alkyl halides is 2. The summed E-state index contributed by atoms with van der Waals surface area (Å²) in [6.07, 6.45) is -0.953. The van der Waals surface area contributed by atoms with Crippen LogP contribution in [-0.2, 0) is 11.2 Å². The Morgan fingerprint density at radius 2 is 1.54 bits per heavy atom. The molecule has 1 saturated carbocycles. The van der Waals surface area contributed by atoms with Crippen LogP contribution in [-0.4, -0.2) is 16.0 Å². The first-order chi connectivity index (χ1) is 17.2. The highest BCUT2D eigenvalue weighted by Gasteiger charge is 2.67. The summed E-state index contributed by atoms with van der Waals surface area (Å²) >= 11 is 30.6. The monoisotopic (exact) mass is 612 g/mol. The van der Waals surface area contributed by atoms with Crippen LogP contribution in [0.4, 0.5) is 28.9 Å². The number of anilines is 2. The molecule has 4 rings (SSSR count). The predicted octanol–water partition coefficient (Wildman–Crippen LogP) is 7.74. The molecule has 1 aliphatic rings. The highest BCUT2D eigenvalue weighted by Crippen LogP contribution is 2.65. The molecule has 3 N–H and O–H groups in total. The Kier molecular flexibility index (Phi) is 7.63. The van der Waals surface area contributed by atoms with Crippen molar-refractivity contribution in [2.45, 2.75) is 16.7 Å². The molecule has 37 heavy (non-hydrogen) atoms. The largest absolute Gasteiger partial charge is 0.396 e. The Hall–Kier alpha value is -2.23. The zero-order chi connectivity index (χ0) is 27.4. The first kappa shape index (κ1) is 27.8. The van der Waals surface area contributed by atoms with E-state index in [1.54, 1.807) is 0 Å². The van der Waals surface area contributed by atoms with Crippen molar-refractivity contribution in [2.75, 3.05) is 11.1 Å². The molecule has 1 aliphatic carbocycles. The lowest BCUT2D eigenvalue weighted by molar-refractivity contribution is -0.117. The van der Waals surface area contributed by atoms with E-state index in [9.17, 15) is 27.2 Å². The summed E-state index contributed by atoms with van der Waals surface area (Å²) in [4.78, 5) is 25.6. The van der Waals surface area contributed by atoms with Crippen molar-refractivity contribution in [3.8, 4) is 0 Å². The third-order valence-corrected chi connectivity index (χ3v) is 7.99. The van der Waals surface area contributed by atoms with E-state index in [0.29, 0.717) is 11.6 Å². The Bertz CT molecular complexity index is 1440. The summed E-state index contributed by atoms with van der Waals surface area (Å²) in [7, 11) is 0. The smallest absolute Gasteiger partial charge is 0.231 e. The van der Waals surface area contributed by atoms with Crippen molar-refractivity contribution in [1.29, 1.82) is 0 Å². The number of hydrogen-bond donors (Lipinski definition) is 2. The molecule has 0 aromatic heterocycles. The molecule has 0 saturated heterocycles. The van der Waals surface area contributed by atoms with Gasteiger partial charge in [0.1, 0.15) is 10.2 Å². The number of ketones is 1. The predicted molar refractivity (Wildman–Crippen MR) is 136 cm³/mol. The lowest BCUT2D eigenvalue weighted by Gasteiger charge is -2.11. The van der Waals surface area contributed by atoms with Gasteiger partial charge < -0.3 is 11.1 Å². The minimum atomic E-state index is -1.59. The first-order valence-corrected chi connectivity index (χ1v) is 12.2. The summed E-state index contributed by atoms with van der Waals surface area (Å²) in [6.45, 7) is 0. The van der Waals surface area contributed by atoms with Crippen molar-refractivity contribution in [3.63, 3.8) is 0 Å². The minimum absolute atomic E-state index is 0.0976. The van der Waals surface area contributed by atoms with Gasteiger partial charge in [0.15, 0.2) is 23.2 Å². The maximum absolute atomic E-state index is 14.4. The molecule has 194 valence electrons. The maximum atomic E-state index is 14.4. The second kappa shape index (κ2) is 10.2. The zero-order valence-corrected chi connectivity index (χ0v) is 21.9. The zero-order valence-electron chi connectivity index (χ0n) is 18.1. The molecule has 1 amide bonds. The fourth-order valence-electron chi connectivity index (χ4n) is 3.94. The van der Waals surface area contributed by atoms with E-state index in [1.165, 1.54) is 12.1 Å². The van der Waals surface area contributed by atoms with Crippen LogP contribution in [0.5, 0.6) is 0 Å². The van der Waals surface area contributed by atoms with Gasteiger partial charge in [-0.25, -0.2) is 17.6 Å². The third-order valence-electron chi connectivity index (χ3n) is 5.85. The van der Waals surface area contributed by atoms with E-state index < -0.39 is 74.4 Å². The molecule has 1 fully saturated rings. The number of nitrogens with one attached hydrogen (secondary N) is 1.